The van der Waals surface area contributed by atoms with Gasteiger partial charge in [0.05, 0.1) is 27.2 Å². The van der Waals surface area contributed by atoms with Crippen LogP contribution in [0.2, 0.25) is 0 Å². The smallest absolute Gasteiger partial charge is 0.251 e. The third-order valence-electron chi connectivity index (χ3n) is 7.45. The fourth-order valence-electron chi connectivity index (χ4n) is 5.44. The molecule has 0 saturated heterocycles. The minimum Gasteiger partial charge on any atom is -0.496 e. The topological polar surface area (TPSA) is 98.8 Å². The van der Waals surface area contributed by atoms with Gasteiger partial charge < -0.3 is 24.8 Å². The highest BCUT2D eigenvalue weighted by atomic mass is 16.5. The second kappa shape index (κ2) is 15.2. The van der Waals surface area contributed by atoms with Gasteiger partial charge in [-0.25, -0.2) is 0 Å². The number of ether oxygens (including phenoxy) is 3. The maximum Gasteiger partial charge on any atom is 0.251 e. The van der Waals surface area contributed by atoms with Gasteiger partial charge >= 0.3 is 0 Å². The number of nitrogens with zero attached hydrogens (tertiary/aromatic N) is 1. The van der Waals surface area contributed by atoms with Crippen molar-refractivity contribution in [1.29, 1.82) is 0 Å². The van der Waals surface area contributed by atoms with Crippen molar-refractivity contribution >= 4 is 17.5 Å². The Morgan fingerprint density at radius 3 is 2.14 bits per heavy atom. The van der Waals surface area contributed by atoms with Crippen LogP contribution in [0.1, 0.15) is 80.8 Å². The lowest BCUT2D eigenvalue weighted by Gasteiger charge is -2.37. The van der Waals surface area contributed by atoms with Gasteiger partial charge in [-0.1, -0.05) is 59.1 Å². The quantitative estimate of drug-likeness (QED) is 0.201. The predicted molar refractivity (Wildman–Crippen MR) is 166 cm³/mol. The summed E-state index contributed by atoms with van der Waals surface area (Å²) in [7, 11) is 4.87. The summed E-state index contributed by atoms with van der Waals surface area (Å²) in [5.41, 5.74) is 2.58. The van der Waals surface area contributed by atoms with Crippen LogP contribution >= 0.6 is 0 Å². The molecular weight excluding hydrogens is 530 g/mol. The first-order valence-electron chi connectivity index (χ1n) is 14.5. The standard InChI is InChI=1S/C34H45N3O5/c1-8-9-10-14-27(30-28(41-6)20-26(40-5)21-29(30)42-7)31(34(2,3)4)33(39)37-25-13-11-12-23(19-25)22-36-32(38)24-15-17-35-18-16-24/h11-13,15-21,27,31H,8-10,14,22H2,1-7H3,(H,36,38)(H,37,39). The van der Waals surface area contributed by atoms with Gasteiger partial charge in [0.2, 0.25) is 5.91 Å². The number of unbranched alkanes of at least 4 members (excludes halogenated alkanes) is 2. The average Bonchev–Trinajstić information content (AvgIpc) is 2.98. The number of nitrogens with one attached hydrogen (secondary N) is 2. The summed E-state index contributed by atoms with van der Waals surface area (Å²) in [6, 6.07) is 14.6. The first-order chi connectivity index (χ1) is 20.1. The second-order valence-corrected chi connectivity index (χ2v) is 11.5. The Morgan fingerprint density at radius 2 is 1.57 bits per heavy atom. The van der Waals surface area contributed by atoms with E-state index in [1.807, 2.05) is 36.4 Å². The van der Waals surface area contributed by atoms with Crippen LogP contribution in [0, 0.1) is 11.3 Å². The molecule has 0 aliphatic carbocycles. The van der Waals surface area contributed by atoms with E-state index < -0.39 is 5.92 Å². The molecule has 0 aliphatic rings. The Kier molecular flexibility index (Phi) is 11.8. The number of methoxy groups -OCH3 is 3. The van der Waals surface area contributed by atoms with Gasteiger partial charge in [-0.3, -0.25) is 14.6 Å². The summed E-state index contributed by atoms with van der Waals surface area (Å²) in [6.45, 7) is 8.78. The van der Waals surface area contributed by atoms with Gasteiger partial charge in [0.15, 0.2) is 0 Å². The monoisotopic (exact) mass is 575 g/mol. The number of hydrogen-bond donors (Lipinski definition) is 2. The van der Waals surface area contributed by atoms with Crippen LogP contribution in [0.25, 0.3) is 0 Å². The van der Waals surface area contributed by atoms with Gasteiger partial charge in [-0.2, -0.15) is 0 Å². The van der Waals surface area contributed by atoms with Crippen molar-refractivity contribution in [3.05, 3.63) is 77.6 Å². The summed E-state index contributed by atoms with van der Waals surface area (Å²) in [5, 5.41) is 6.11. The molecule has 0 aliphatic heterocycles. The molecule has 2 aromatic carbocycles. The number of carbonyl (C=O) groups excluding carboxylic acids is 2. The van der Waals surface area contributed by atoms with E-state index in [0.717, 1.165) is 36.8 Å². The molecule has 0 radical (unpaired) electrons. The maximum atomic E-state index is 14.2. The molecule has 0 spiro atoms. The number of carbonyl (C=O) groups is 2. The first-order valence-corrected chi connectivity index (χ1v) is 14.5. The molecule has 8 nitrogen and oxygen atoms in total. The fourth-order valence-corrected chi connectivity index (χ4v) is 5.44. The van der Waals surface area contributed by atoms with E-state index in [1.54, 1.807) is 45.9 Å². The first kappa shape index (κ1) is 32.4. The summed E-state index contributed by atoms with van der Waals surface area (Å²) in [6.07, 6.45) is 7.06. The molecule has 0 bridgehead atoms. The van der Waals surface area contributed by atoms with Gasteiger partial charge in [0, 0.05) is 53.8 Å². The molecular formula is C34H45N3O5. The zero-order valence-electron chi connectivity index (χ0n) is 26.0. The third-order valence-corrected chi connectivity index (χ3v) is 7.45. The minimum atomic E-state index is -0.402. The number of pyridine rings is 1. The van der Waals surface area contributed by atoms with Crippen LogP contribution in [-0.4, -0.2) is 38.1 Å². The van der Waals surface area contributed by atoms with Crippen molar-refractivity contribution in [2.24, 2.45) is 11.3 Å². The molecule has 3 rings (SSSR count). The third kappa shape index (κ3) is 8.47. The molecule has 8 heteroatoms. The van der Waals surface area contributed by atoms with E-state index in [2.05, 4.69) is 43.3 Å². The molecule has 2 amide bonds. The SMILES string of the molecule is CCCCCC(c1c(OC)cc(OC)cc1OC)C(C(=O)Nc1cccc(CNC(=O)c2ccncc2)c1)C(C)(C)C. The Labute approximate surface area is 250 Å². The van der Waals surface area contributed by atoms with Crippen molar-refractivity contribution in [2.45, 2.75) is 65.8 Å². The van der Waals surface area contributed by atoms with E-state index >= 15 is 0 Å². The summed E-state index contributed by atoms with van der Waals surface area (Å²) < 4.78 is 17.2. The van der Waals surface area contributed by atoms with Gasteiger partial charge in [0.25, 0.3) is 5.91 Å². The Bertz CT molecular complexity index is 1300. The van der Waals surface area contributed by atoms with Crippen molar-refractivity contribution in [1.82, 2.24) is 10.3 Å². The van der Waals surface area contributed by atoms with Crippen molar-refractivity contribution in [2.75, 3.05) is 26.6 Å². The zero-order chi connectivity index (χ0) is 30.7. The van der Waals surface area contributed by atoms with E-state index in [-0.39, 0.29) is 23.1 Å². The van der Waals surface area contributed by atoms with Crippen LogP contribution in [0.4, 0.5) is 5.69 Å². The van der Waals surface area contributed by atoms with Gasteiger partial charge in [0.1, 0.15) is 17.2 Å². The normalized spacial score (nSPS) is 12.6. The Balaban J connectivity index is 1.92. The lowest BCUT2D eigenvalue weighted by molar-refractivity contribution is -0.124. The molecule has 1 heterocycles. The molecule has 2 unspecified atom stereocenters. The van der Waals surface area contributed by atoms with E-state index in [4.69, 9.17) is 14.2 Å². The summed E-state index contributed by atoms with van der Waals surface area (Å²) in [5.74, 6) is 1.07. The second-order valence-electron chi connectivity index (χ2n) is 11.5. The van der Waals surface area contributed by atoms with Crippen LogP contribution in [0.5, 0.6) is 17.2 Å². The fraction of sp³-hybridized carbons (Fsp3) is 0.441. The van der Waals surface area contributed by atoms with E-state index in [9.17, 15) is 9.59 Å². The molecule has 42 heavy (non-hydrogen) atoms. The molecule has 2 N–H and O–H groups in total. The lowest BCUT2D eigenvalue weighted by atomic mass is 9.68. The lowest BCUT2D eigenvalue weighted by Crippen LogP contribution is -2.38. The molecule has 0 fully saturated rings. The largest absolute Gasteiger partial charge is 0.496 e. The number of hydrogen-bond acceptors (Lipinski definition) is 6. The van der Waals surface area contributed by atoms with Gasteiger partial charge in [-0.05, 0) is 41.7 Å². The van der Waals surface area contributed by atoms with Crippen LogP contribution in [0.15, 0.2) is 60.9 Å². The number of amides is 2. The number of benzene rings is 2. The average molecular weight is 576 g/mol. The summed E-state index contributed by atoms with van der Waals surface area (Å²) in [4.78, 5) is 30.7. The Morgan fingerprint density at radius 1 is 0.905 bits per heavy atom. The maximum absolute atomic E-state index is 14.2. The molecule has 2 atom stereocenters. The van der Waals surface area contributed by atoms with E-state index in [0.29, 0.717) is 35.0 Å². The van der Waals surface area contributed by atoms with Crippen LogP contribution in [-0.2, 0) is 11.3 Å². The highest BCUT2D eigenvalue weighted by Gasteiger charge is 2.41. The van der Waals surface area contributed by atoms with Crippen LogP contribution < -0.4 is 24.8 Å². The number of anilines is 1. The summed E-state index contributed by atoms with van der Waals surface area (Å²) >= 11 is 0. The van der Waals surface area contributed by atoms with Crippen molar-refractivity contribution in [3.63, 3.8) is 0 Å². The predicted octanol–water partition coefficient (Wildman–Crippen LogP) is 7.00. The highest BCUT2D eigenvalue weighted by Crippen LogP contribution is 2.49. The van der Waals surface area contributed by atoms with Crippen molar-refractivity contribution in [3.8, 4) is 17.2 Å². The molecule has 226 valence electrons. The zero-order valence-corrected chi connectivity index (χ0v) is 26.0. The molecule has 3 aromatic rings. The molecule has 1 aromatic heterocycles. The minimum absolute atomic E-state index is 0.0816. The van der Waals surface area contributed by atoms with Crippen molar-refractivity contribution < 1.29 is 23.8 Å². The molecule has 0 saturated carbocycles. The van der Waals surface area contributed by atoms with Gasteiger partial charge in [-0.15, -0.1) is 0 Å². The van der Waals surface area contributed by atoms with Crippen LogP contribution in [0.3, 0.4) is 0 Å². The highest BCUT2D eigenvalue weighted by molar-refractivity contribution is 5.95. The van der Waals surface area contributed by atoms with E-state index in [1.165, 1.54) is 0 Å². The number of rotatable bonds is 14. The number of aromatic nitrogens is 1. The Hall–Kier alpha value is -4.07.